The number of carbonyl (C=O) groups excluding carboxylic acids is 2. The third kappa shape index (κ3) is 5.62. The van der Waals surface area contributed by atoms with Crippen LogP contribution in [0.3, 0.4) is 0 Å². The van der Waals surface area contributed by atoms with Crippen molar-refractivity contribution in [1.29, 1.82) is 0 Å². The third-order valence-electron chi connectivity index (χ3n) is 3.48. The Kier molecular flexibility index (Phi) is 5.97. The van der Waals surface area contributed by atoms with E-state index in [1.807, 2.05) is 49.4 Å². The van der Waals surface area contributed by atoms with Crippen molar-refractivity contribution in [3.8, 4) is 0 Å². The van der Waals surface area contributed by atoms with Gasteiger partial charge in [0.25, 0.3) is 0 Å². The van der Waals surface area contributed by atoms with Gasteiger partial charge in [0.2, 0.25) is 11.8 Å². The summed E-state index contributed by atoms with van der Waals surface area (Å²) in [5, 5.41) is 2.78. The molecule has 5 nitrogen and oxygen atoms in total. The van der Waals surface area contributed by atoms with Gasteiger partial charge in [0, 0.05) is 20.0 Å². The first-order chi connectivity index (χ1) is 11.0. The number of nitrogens with one attached hydrogen (secondary N) is 1. The Morgan fingerprint density at radius 3 is 2.52 bits per heavy atom. The minimum atomic E-state index is -0.0756. The second-order valence-corrected chi connectivity index (χ2v) is 5.52. The number of hydrogen-bond donors (Lipinski definition) is 1. The monoisotopic (exact) mass is 314 g/mol. The molecule has 0 radical (unpaired) electrons. The number of amides is 2. The van der Waals surface area contributed by atoms with Crippen LogP contribution in [-0.4, -0.2) is 30.3 Å². The van der Waals surface area contributed by atoms with E-state index in [9.17, 15) is 9.59 Å². The first-order valence-corrected chi connectivity index (χ1v) is 7.64. The highest BCUT2D eigenvalue weighted by molar-refractivity contribution is 5.80. The molecule has 0 aliphatic rings. The number of furan rings is 1. The van der Waals surface area contributed by atoms with E-state index in [4.69, 9.17) is 4.42 Å². The fourth-order valence-electron chi connectivity index (χ4n) is 2.24. The maximum Gasteiger partial charge on any atom is 0.224 e. The molecular weight excluding hydrogens is 292 g/mol. The Balaban J connectivity index is 1.68. The lowest BCUT2D eigenvalue weighted by molar-refractivity contribution is -0.130. The molecule has 0 aliphatic heterocycles. The molecule has 0 fully saturated rings. The maximum atomic E-state index is 12.0. The summed E-state index contributed by atoms with van der Waals surface area (Å²) in [5.41, 5.74) is 0.960. The summed E-state index contributed by atoms with van der Waals surface area (Å²) < 4.78 is 5.45. The van der Waals surface area contributed by atoms with Crippen LogP contribution in [0, 0.1) is 6.92 Å². The Bertz CT molecular complexity index is 649. The van der Waals surface area contributed by atoms with Crippen molar-refractivity contribution in [2.75, 3.05) is 13.6 Å². The Hall–Kier alpha value is -2.56. The zero-order chi connectivity index (χ0) is 16.7. The predicted octanol–water partition coefficient (Wildman–Crippen LogP) is 2.30. The fourth-order valence-corrected chi connectivity index (χ4v) is 2.24. The van der Waals surface area contributed by atoms with Crippen LogP contribution >= 0.6 is 0 Å². The lowest BCUT2D eigenvalue weighted by Gasteiger charge is -2.16. The number of aryl methyl sites for hydroxylation is 1. The fraction of sp³-hybridized carbons (Fsp3) is 0.333. The van der Waals surface area contributed by atoms with Crippen molar-refractivity contribution in [1.82, 2.24) is 10.2 Å². The SMILES string of the molecule is Cc1ccc(CN(C)C(=O)CCNC(=O)Cc2ccccc2)o1. The van der Waals surface area contributed by atoms with E-state index in [1.165, 1.54) is 0 Å². The molecule has 2 aromatic rings. The van der Waals surface area contributed by atoms with Crippen LogP contribution in [0.1, 0.15) is 23.5 Å². The standard InChI is InChI=1S/C18H22N2O3/c1-14-8-9-16(23-14)13-20(2)18(22)10-11-19-17(21)12-15-6-4-3-5-7-15/h3-9H,10-13H2,1-2H3,(H,19,21). The smallest absolute Gasteiger partial charge is 0.224 e. The van der Waals surface area contributed by atoms with Crippen LogP contribution in [0.4, 0.5) is 0 Å². The molecule has 0 spiro atoms. The molecule has 0 bridgehead atoms. The van der Waals surface area contributed by atoms with Crippen LogP contribution in [-0.2, 0) is 22.6 Å². The van der Waals surface area contributed by atoms with Crippen molar-refractivity contribution in [3.05, 3.63) is 59.5 Å². The van der Waals surface area contributed by atoms with Gasteiger partial charge in [-0.1, -0.05) is 30.3 Å². The quantitative estimate of drug-likeness (QED) is 0.853. The number of nitrogens with zero attached hydrogens (tertiary/aromatic N) is 1. The normalized spacial score (nSPS) is 10.3. The lowest BCUT2D eigenvalue weighted by atomic mass is 10.1. The van der Waals surface area contributed by atoms with Crippen LogP contribution in [0.5, 0.6) is 0 Å². The molecule has 0 unspecified atom stereocenters. The zero-order valence-corrected chi connectivity index (χ0v) is 13.5. The first kappa shape index (κ1) is 16.8. The number of hydrogen-bond acceptors (Lipinski definition) is 3. The highest BCUT2D eigenvalue weighted by Gasteiger charge is 2.11. The van der Waals surface area contributed by atoms with Gasteiger partial charge in [0.05, 0.1) is 13.0 Å². The van der Waals surface area contributed by atoms with E-state index < -0.39 is 0 Å². The molecule has 23 heavy (non-hydrogen) atoms. The van der Waals surface area contributed by atoms with E-state index in [0.29, 0.717) is 19.5 Å². The topological polar surface area (TPSA) is 62.6 Å². The maximum absolute atomic E-state index is 12.0. The van der Waals surface area contributed by atoms with Crippen molar-refractivity contribution in [2.24, 2.45) is 0 Å². The minimum absolute atomic E-state index is 0.0286. The van der Waals surface area contributed by atoms with E-state index in [1.54, 1.807) is 11.9 Å². The number of benzene rings is 1. The van der Waals surface area contributed by atoms with E-state index in [-0.39, 0.29) is 18.2 Å². The molecule has 0 atom stereocenters. The Labute approximate surface area is 136 Å². The predicted molar refractivity (Wildman–Crippen MR) is 87.7 cm³/mol. The van der Waals surface area contributed by atoms with Gasteiger partial charge in [-0.3, -0.25) is 9.59 Å². The molecule has 0 saturated heterocycles. The van der Waals surface area contributed by atoms with Crippen LogP contribution in [0.25, 0.3) is 0 Å². The molecule has 5 heteroatoms. The summed E-state index contributed by atoms with van der Waals surface area (Å²) >= 11 is 0. The van der Waals surface area contributed by atoms with Gasteiger partial charge in [-0.2, -0.15) is 0 Å². The Morgan fingerprint density at radius 2 is 1.87 bits per heavy atom. The Morgan fingerprint density at radius 1 is 1.13 bits per heavy atom. The van der Waals surface area contributed by atoms with Gasteiger partial charge in [-0.05, 0) is 24.6 Å². The minimum Gasteiger partial charge on any atom is -0.464 e. The molecule has 1 N–H and O–H groups in total. The summed E-state index contributed by atoms with van der Waals surface area (Å²) in [5.74, 6) is 1.48. The zero-order valence-electron chi connectivity index (χ0n) is 13.5. The molecule has 122 valence electrons. The van der Waals surface area contributed by atoms with Crippen molar-refractivity contribution < 1.29 is 14.0 Å². The molecule has 1 aromatic heterocycles. The van der Waals surface area contributed by atoms with Gasteiger partial charge < -0.3 is 14.6 Å². The van der Waals surface area contributed by atoms with E-state index in [2.05, 4.69) is 5.32 Å². The molecule has 2 amide bonds. The van der Waals surface area contributed by atoms with E-state index >= 15 is 0 Å². The van der Waals surface area contributed by atoms with Gasteiger partial charge in [0.1, 0.15) is 11.5 Å². The van der Waals surface area contributed by atoms with Gasteiger partial charge in [-0.15, -0.1) is 0 Å². The lowest BCUT2D eigenvalue weighted by Crippen LogP contribution is -2.32. The molecule has 1 aromatic carbocycles. The number of carbonyl (C=O) groups is 2. The van der Waals surface area contributed by atoms with E-state index in [0.717, 1.165) is 17.1 Å². The second kappa shape index (κ2) is 8.17. The molecule has 2 rings (SSSR count). The average molecular weight is 314 g/mol. The van der Waals surface area contributed by atoms with Crippen molar-refractivity contribution in [2.45, 2.75) is 26.3 Å². The molecule has 0 aliphatic carbocycles. The van der Waals surface area contributed by atoms with Gasteiger partial charge >= 0.3 is 0 Å². The van der Waals surface area contributed by atoms with Crippen LogP contribution in [0.15, 0.2) is 46.9 Å². The number of rotatable bonds is 7. The van der Waals surface area contributed by atoms with Crippen LogP contribution < -0.4 is 5.32 Å². The van der Waals surface area contributed by atoms with Crippen molar-refractivity contribution in [3.63, 3.8) is 0 Å². The first-order valence-electron chi connectivity index (χ1n) is 7.64. The molecule has 1 heterocycles. The molecular formula is C18H22N2O3. The average Bonchev–Trinajstić information content (AvgIpc) is 2.93. The largest absolute Gasteiger partial charge is 0.464 e. The highest BCUT2D eigenvalue weighted by atomic mass is 16.3. The molecule has 0 saturated carbocycles. The third-order valence-corrected chi connectivity index (χ3v) is 3.48. The van der Waals surface area contributed by atoms with Crippen molar-refractivity contribution >= 4 is 11.8 Å². The summed E-state index contributed by atoms with van der Waals surface area (Å²) in [7, 11) is 1.73. The summed E-state index contributed by atoms with van der Waals surface area (Å²) in [6.07, 6.45) is 0.604. The summed E-state index contributed by atoms with van der Waals surface area (Å²) in [6.45, 7) is 2.64. The second-order valence-electron chi connectivity index (χ2n) is 5.52. The summed E-state index contributed by atoms with van der Waals surface area (Å²) in [4.78, 5) is 25.4. The van der Waals surface area contributed by atoms with Gasteiger partial charge in [-0.25, -0.2) is 0 Å². The van der Waals surface area contributed by atoms with Crippen LogP contribution in [0.2, 0.25) is 0 Å². The van der Waals surface area contributed by atoms with Gasteiger partial charge in [0.15, 0.2) is 0 Å². The highest BCUT2D eigenvalue weighted by Crippen LogP contribution is 2.09. The summed E-state index contributed by atoms with van der Waals surface area (Å²) in [6, 6.07) is 13.3.